The molecule has 0 spiro atoms. The first kappa shape index (κ1) is 12.2. The molecule has 0 bridgehead atoms. The van der Waals surface area contributed by atoms with Crippen LogP contribution in [0.3, 0.4) is 0 Å². The van der Waals surface area contributed by atoms with Gasteiger partial charge in [0.2, 0.25) is 0 Å². The number of anilines is 1. The summed E-state index contributed by atoms with van der Waals surface area (Å²) in [5.74, 6) is 1.88. The van der Waals surface area contributed by atoms with Crippen molar-refractivity contribution in [2.45, 2.75) is 32.9 Å². The van der Waals surface area contributed by atoms with Gasteiger partial charge in [-0.1, -0.05) is 13.8 Å². The molecular weight excluding hydrogens is 214 g/mol. The lowest BCUT2D eigenvalue weighted by Crippen LogP contribution is -2.59. The zero-order valence-electron chi connectivity index (χ0n) is 10.8. The van der Waals surface area contributed by atoms with Crippen molar-refractivity contribution in [2.75, 3.05) is 24.6 Å². The molecule has 17 heavy (non-hydrogen) atoms. The van der Waals surface area contributed by atoms with Crippen LogP contribution in [-0.2, 0) is 0 Å². The molecule has 0 atom stereocenters. The molecule has 1 aliphatic rings. The van der Waals surface area contributed by atoms with Crippen molar-refractivity contribution in [3.63, 3.8) is 0 Å². The number of pyridine rings is 1. The third kappa shape index (κ3) is 3.09. The van der Waals surface area contributed by atoms with Crippen LogP contribution in [0.2, 0.25) is 0 Å². The van der Waals surface area contributed by atoms with Gasteiger partial charge < -0.3 is 15.0 Å². The number of nitrogens with one attached hydrogen (secondary N) is 1. The quantitative estimate of drug-likeness (QED) is 0.842. The average molecular weight is 235 g/mol. The van der Waals surface area contributed by atoms with E-state index in [1.54, 1.807) is 6.20 Å². The zero-order chi connectivity index (χ0) is 12.3. The molecule has 1 aromatic heterocycles. The summed E-state index contributed by atoms with van der Waals surface area (Å²) < 4.78 is 5.37. The topological polar surface area (TPSA) is 37.4 Å². The molecule has 94 valence electrons. The molecule has 0 aliphatic carbocycles. The van der Waals surface area contributed by atoms with E-state index in [0.29, 0.717) is 18.7 Å². The minimum Gasteiger partial charge on any atom is -0.492 e. The van der Waals surface area contributed by atoms with E-state index in [2.05, 4.69) is 29.0 Å². The summed E-state index contributed by atoms with van der Waals surface area (Å²) in [5, 5.41) is 3.52. The van der Waals surface area contributed by atoms with Crippen LogP contribution in [0.25, 0.3) is 0 Å². The maximum Gasteiger partial charge on any atom is 0.137 e. The molecule has 1 N–H and O–H groups in total. The van der Waals surface area contributed by atoms with Crippen LogP contribution >= 0.6 is 0 Å². The van der Waals surface area contributed by atoms with Gasteiger partial charge in [0.1, 0.15) is 11.6 Å². The molecule has 2 rings (SSSR count). The monoisotopic (exact) mass is 235 g/mol. The highest BCUT2D eigenvalue weighted by Gasteiger charge is 2.27. The highest BCUT2D eigenvalue weighted by Crippen LogP contribution is 2.20. The van der Waals surface area contributed by atoms with Crippen molar-refractivity contribution in [3.05, 3.63) is 18.3 Å². The number of hydrogen-bond acceptors (Lipinski definition) is 4. The number of aromatic nitrogens is 1. The van der Waals surface area contributed by atoms with Crippen molar-refractivity contribution >= 4 is 5.82 Å². The minimum absolute atomic E-state index is 0.551. The number of hydrogen-bond donors (Lipinski definition) is 1. The van der Waals surface area contributed by atoms with Crippen LogP contribution in [0.15, 0.2) is 18.3 Å². The first-order chi connectivity index (χ1) is 8.19. The molecule has 1 saturated heterocycles. The molecule has 0 aromatic carbocycles. The molecule has 0 saturated carbocycles. The van der Waals surface area contributed by atoms with Crippen LogP contribution in [0, 0.1) is 0 Å². The fourth-order valence-corrected chi connectivity index (χ4v) is 2.05. The van der Waals surface area contributed by atoms with Crippen molar-refractivity contribution < 1.29 is 4.74 Å². The third-order valence-electron chi connectivity index (χ3n) is 2.81. The van der Waals surface area contributed by atoms with Gasteiger partial charge >= 0.3 is 0 Å². The molecule has 0 radical (unpaired) electrons. The van der Waals surface area contributed by atoms with E-state index in [1.165, 1.54) is 0 Å². The highest BCUT2D eigenvalue weighted by molar-refractivity contribution is 5.44. The largest absolute Gasteiger partial charge is 0.492 e. The van der Waals surface area contributed by atoms with E-state index in [4.69, 9.17) is 4.74 Å². The van der Waals surface area contributed by atoms with Gasteiger partial charge in [0, 0.05) is 25.2 Å². The second-order valence-corrected chi connectivity index (χ2v) is 4.71. The van der Waals surface area contributed by atoms with E-state index in [1.807, 2.05) is 19.1 Å². The van der Waals surface area contributed by atoms with Gasteiger partial charge in [-0.3, -0.25) is 0 Å². The number of rotatable bonds is 5. The van der Waals surface area contributed by atoms with Gasteiger partial charge in [-0.2, -0.15) is 0 Å². The first-order valence-electron chi connectivity index (χ1n) is 6.29. The maximum absolute atomic E-state index is 5.37. The Morgan fingerprint density at radius 3 is 2.76 bits per heavy atom. The van der Waals surface area contributed by atoms with Crippen LogP contribution in [0.4, 0.5) is 5.82 Å². The standard InChI is InChI=1S/C13H21N3O/c1-4-17-12-5-6-13(14-7-12)16-8-11(9-16)15-10(2)3/h5-7,10-11,15H,4,8-9H2,1-3H3. The average Bonchev–Trinajstić information content (AvgIpc) is 2.24. The Morgan fingerprint density at radius 1 is 1.47 bits per heavy atom. The summed E-state index contributed by atoms with van der Waals surface area (Å²) in [7, 11) is 0. The SMILES string of the molecule is CCOc1ccc(N2CC(NC(C)C)C2)nc1. The summed E-state index contributed by atoms with van der Waals surface area (Å²) in [4.78, 5) is 6.68. The maximum atomic E-state index is 5.37. The summed E-state index contributed by atoms with van der Waals surface area (Å²) >= 11 is 0. The van der Waals surface area contributed by atoms with Gasteiger partial charge in [0.25, 0.3) is 0 Å². The van der Waals surface area contributed by atoms with E-state index in [0.717, 1.165) is 24.7 Å². The fourth-order valence-electron chi connectivity index (χ4n) is 2.05. The Balaban J connectivity index is 1.84. The summed E-state index contributed by atoms with van der Waals surface area (Å²) in [6.45, 7) is 9.10. The lowest BCUT2D eigenvalue weighted by atomic mass is 10.1. The molecule has 1 aromatic rings. The molecule has 4 heteroatoms. The highest BCUT2D eigenvalue weighted by atomic mass is 16.5. The molecule has 0 unspecified atom stereocenters. The Hall–Kier alpha value is -1.29. The van der Waals surface area contributed by atoms with Crippen molar-refractivity contribution in [1.82, 2.24) is 10.3 Å². The first-order valence-corrected chi connectivity index (χ1v) is 6.29. The second kappa shape index (κ2) is 5.36. The normalized spacial score (nSPS) is 16.1. The van der Waals surface area contributed by atoms with Crippen molar-refractivity contribution in [2.24, 2.45) is 0 Å². The molecule has 1 fully saturated rings. The van der Waals surface area contributed by atoms with Crippen LogP contribution in [0.1, 0.15) is 20.8 Å². The Morgan fingerprint density at radius 2 is 2.24 bits per heavy atom. The van der Waals surface area contributed by atoms with Gasteiger partial charge in [-0.05, 0) is 19.1 Å². The summed E-state index contributed by atoms with van der Waals surface area (Å²) in [6.07, 6.45) is 1.79. The zero-order valence-corrected chi connectivity index (χ0v) is 10.8. The third-order valence-corrected chi connectivity index (χ3v) is 2.81. The van der Waals surface area contributed by atoms with Crippen LogP contribution in [-0.4, -0.2) is 36.8 Å². The molecular formula is C13H21N3O. The Labute approximate surface area is 103 Å². The fraction of sp³-hybridized carbons (Fsp3) is 0.615. The van der Waals surface area contributed by atoms with E-state index >= 15 is 0 Å². The number of ether oxygens (including phenoxy) is 1. The van der Waals surface area contributed by atoms with Gasteiger partial charge in [-0.15, -0.1) is 0 Å². The molecule has 0 amide bonds. The minimum atomic E-state index is 0.551. The lowest BCUT2D eigenvalue weighted by molar-refractivity contribution is 0.338. The van der Waals surface area contributed by atoms with E-state index in [-0.39, 0.29) is 0 Å². The van der Waals surface area contributed by atoms with E-state index in [9.17, 15) is 0 Å². The van der Waals surface area contributed by atoms with E-state index < -0.39 is 0 Å². The molecule has 1 aliphatic heterocycles. The Kier molecular flexibility index (Phi) is 3.84. The second-order valence-electron chi connectivity index (χ2n) is 4.71. The Bertz CT molecular complexity index is 344. The lowest BCUT2D eigenvalue weighted by Gasteiger charge is -2.41. The summed E-state index contributed by atoms with van der Waals surface area (Å²) in [5.41, 5.74) is 0. The van der Waals surface area contributed by atoms with Gasteiger partial charge in [0.05, 0.1) is 12.8 Å². The predicted molar refractivity (Wildman–Crippen MR) is 69.7 cm³/mol. The van der Waals surface area contributed by atoms with Crippen LogP contribution < -0.4 is 15.0 Å². The summed E-state index contributed by atoms with van der Waals surface area (Å²) in [6, 6.07) is 5.16. The van der Waals surface area contributed by atoms with Gasteiger partial charge in [0.15, 0.2) is 0 Å². The molecule has 2 heterocycles. The van der Waals surface area contributed by atoms with Crippen molar-refractivity contribution in [3.8, 4) is 5.75 Å². The molecule has 4 nitrogen and oxygen atoms in total. The smallest absolute Gasteiger partial charge is 0.137 e. The van der Waals surface area contributed by atoms with Crippen LogP contribution in [0.5, 0.6) is 5.75 Å². The van der Waals surface area contributed by atoms with Crippen molar-refractivity contribution in [1.29, 1.82) is 0 Å². The van der Waals surface area contributed by atoms with Gasteiger partial charge in [-0.25, -0.2) is 4.98 Å². The number of nitrogens with zero attached hydrogens (tertiary/aromatic N) is 2. The predicted octanol–water partition coefficient (Wildman–Crippen LogP) is 1.67.